The van der Waals surface area contributed by atoms with E-state index in [1.165, 1.54) is 14.2 Å². The fourth-order valence-corrected chi connectivity index (χ4v) is 3.96. The molecule has 3 aromatic rings. The van der Waals surface area contributed by atoms with Crippen LogP contribution in [-0.2, 0) is 25.5 Å². The SMILES string of the molecule is COc1ccc(C)cc1NC(=O)COC(=O)CCc1nnc(SCC(=O)Nc2cc(C)ccc2OC)[nH]c1=O. The number of H-pyrrole nitrogens is 1. The number of carbonyl (C=O) groups is 3. The molecule has 39 heavy (non-hydrogen) atoms. The summed E-state index contributed by atoms with van der Waals surface area (Å²) in [6, 6.07) is 10.7. The van der Waals surface area contributed by atoms with E-state index in [1.807, 2.05) is 26.0 Å². The molecule has 1 heterocycles. The Balaban J connectivity index is 1.44. The molecule has 0 aliphatic heterocycles. The third-order valence-corrected chi connectivity index (χ3v) is 6.14. The Morgan fingerprint density at radius 1 is 0.897 bits per heavy atom. The predicted molar refractivity (Wildman–Crippen MR) is 145 cm³/mol. The van der Waals surface area contributed by atoms with E-state index < -0.39 is 24.0 Å². The summed E-state index contributed by atoms with van der Waals surface area (Å²) in [7, 11) is 3.00. The summed E-state index contributed by atoms with van der Waals surface area (Å²) in [5, 5.41) is 13.3. The number of hydrogen-bond donors (Lipinski definition) is 3. The van der Waals surface area contributed by atoms with Crippen molar-refractivity contribution in [3.8, 4) is 11.5 Å². The first-order chi connectivity index (χ1) is 18.7. The zero-order valence-corrected chi connectivity index (χ0v) is 22.8. The number of benzene rings is 2. The zero-order chi connectivity index (χ0) is 28.4. The van der Waals surface area contributed by atoms with Crippen molar-refractivity contribution in [2.45, 2.75) is 31.8 Å². The van der Waals surface area contributed by atoms with Gasteiger partial charge in [0.25, 0.3) is 11.5 Å². The summed E-state index contributed by atoms with van der Waals surface area (Å²) in [5.74, 6) is -0.540. The normalized spacial score (nSPS) is 10.5. The Hall–Kier alpha value is -4.39. The van der Waals surface area contributed by atoms with E-state index in [1.54, 1.807) is 24.3 Å². The highest BCUT2D eigenvalue weighted by Gasteiger charge is 2.14. The van der Waals surface area contributed by atoms with Crippen LogP contribution in [0.1, 0.15) is 23.2 Å². The number of thioether (sulfide) groups is 1. The second-order valence-electron chi connectivity index (χ2n) is 8.36. The molecule has 1 aromatic heterocycles. The number of aromatic amines is 1. The van der Waals surface area contributed by atoms with Crippen molar-refractivity contribution in [2.24, 2.45) is 0 Å². The summed E-state index contributed by atoms with van der Waals surface area (Å²) in [5.41, 5.74) is 2.37. The molecule has 12 nitrogen and oxygen atoms in total. The highest BCUT2D eigenvalue weighted by molar-refractivity contribution is 7.99. The number of aromatic nitrogens is 3. The molecular formula is C26H29N5O7S. The van der Waals surface area contributed by atoms with Crippen molar-refractivity contribution < 1.29 is 28.6 Å². The quantitative estimate of drug-likeness (QED) is 0.224. The van der Waals surface area contributed by atoms with Gasteiger partial charge in [-0.15, -0.1) is 10.2 Å². The second kappa shape index (κ2) is 14.0. The van der Waals surface area contributed by atoms with Crippen molar-refractivity contribution in [1.82, 2.24) is 15.2 Å². The molecule has 0 aliphatic carbocycles. The Bertz CT molecular complexity index is 1410. The van der Waals surface area contributed by atoms with E-state index in [-0.39, 0.29) is 35.4 Å². The lowest BCUT2D eigenvalue weighted by Gasteiger charge is -2.11. The molecule has 3 rings (SSSR count). The first-order valence-electron chi connectivity index (χ1n) is 11.8. The Kier molecular flexibility index (Phi) is 10.4. The van der Waals surface area contributed by atoms with Crippen molar-refractivity contribution in [3.63, 3.8) is 0 Å². The number of hydrogen-bond acceptors (Lipinski definition) is 10. The van der Waals surface area contributed by atoms with Gasteiger partial charge in [0.2, 0.25) is 5.91 Å². The van der Waals surface area contributed by atoms with E-state index in [0.29, 0.717) is 22.9 Å². The van der Waals surface area contributed by atoms with Crippen LogP contribution in [-0.4, -0.2) is 59.5 Å². The van der Waals surface area contributed by atoms with Crippen LogP contribution in [0.5, 0.6) is 11.5 Å². The van der Waals surface area contributed by atoms with Gasteiger partial charge in [0.05, 0.1) is 37.8 Å². The van der Waals surface area contributed by atoms with Crippen molar-refractivity contribution in [1.29, 1.82) is 0 Å². The molecule has 0 unspecified atom stereocenters. The fraction of sp³-hybridized carbons (Fsp3) is 0.308. The first kappa shape index (κ1) is 29.2. The van der Waals surface area contributed by atoms with Crippen LogP contribution < -0.4 is 25.7 Å². The summed E-state index contributed by atoms with van der Waals surface area (Å²) in [6.45, 7) is 3.27. The molecule has 0 saturated heterocycles. The second-order valence-corrected chi connectivity index (χ2v) is 9.32. The van der Waals surface area contributed by atoms with Crippen LogP contribution in [0.2, 0.25) is 0 Å². The molecule has 3 N–H and O–H groups in total. The average molecular weight is 556 g/mol. The van der Waals surface area contributed by atoms with Gasteiger partial charge in [-0.3, -0.25) is 24.2 Å². The van der Waals surface area contributed by atoms with E-state index in [9.17, 15) is 19.2 Å². The fourth-order valence-electron chi connectivity index (χ4n) is 3.36. The standard InChI is InChI=1S/C26H29N5O7S/c1-15-5-8-20(36-3)18(11-15)27-22(32)13-38-24(34)10-7-17-25(35)29-26(31-30-17)39-14-23(33)28-19-12-16(2)6-9-21(19)37-4/h5-6,8-9,11-12H,7,10,13-14H2,1-4H3,(H,27,32)(H,28,33)(H,29,31,35). The molecule has 0 atom stereocenters. The Labute approximate surface area is 228 Å². The van der Waals surface area contributed by atoms with Gasteiger partial charge in [-0.1, -0.05) is 23.9 Å². The largest absolute Gasteiger partial charge is 0.495 e. The number of anilines is 2. The summed E-state index contributed by atoms with van der Waals surface area (Å²) in [6.07, 6.45) is -0.209. The lowest BCUT2D eigenvalue weighted by molar-refractivity contribution is -0.147. The number of ether oxygens (including phenoxy) is 3. The first-order valence-corrected chi connectivity index (χ1v) is 12.8. The number of nitrogens with one attached hydrogen (secondary N) is 3. The minimum Gasteiger partial charge on any atom is -0.495 e. The molecule has 0 radical (unpaired) electrons. The minimum atomic E-state index is -0.677. The van der Waals surface area contributed by atoms with Crippen molar-refractivity contribution >= 4 is 40.9 Å². The van der Waals surface area contributed by atoms with Crippen LogP contribution in [0.3, 0.4) is 0 Å². The van der Waals surface area contributed by atoms with E-state index in [0.717, 1.165) is 22.9 Å². The number of rotatable bonds is 12. The van der Waals surface area contributed by atoms with Crippen molar-refractivity contribution in [2.75, 3.05) is 37.2 Å². The number of amides is 2. The van der Waals surface area contributed by atoms with E-state index >= 15 is 0 Å². The van der Waals surface area contributed by atoms with Gasteiger partial charge in [0.15, 0.2) is 11.8 Å². The maximum atomic E-state index is 12.3. The maximum Gasteiger partial charge on any atom is 0.306 e. The Morgan fingerprint density at radius 2 is 1.49 bits per heavy atom. The highest BCUT2D eigenvalue weighted by atomic mass is 32.2. The van der Waals surface area contributed by atoms with Gasteiger partial charge in [-0.25, -0.2) is 0 Å². The van der Waals surface area contributed by atoms with Gasteiger partial charge >= 0.3 is 5.97 Å². The lowest BCUT2D eigenvalue weighted by atomic mass is 10.2. The third kappa shape index (κ3) is 8.85. The highest BCUT2D eigenvalue weighted by Crippen LogP contribution is 2.26. The van der Waals surface area contributed by atoms with Crippen LogP contribution in [0.15, 0.2) is 46.3 Å². The third-order valence-electron chi connectivity index (χ3n) is 5.27. The van der Waals surface area contributed by atoms with Gasteiger partial charge in [-0.05, 0) is 49.2 Å². The molecule has 0 saturated carbocycles. The number of nitrogens with zero attached hydrogens (tertiary/aromatic N) is 2. The monoisotopic (exact) mass is 555 g/mol. The van der Waals surface area contributed by atoms with Crippen LogP contribution in [0.4, 0.5) is 11.4 Å². The van der Waals surface area contributed by atoms with Crippen LogP contribution >= 0.6 is 11.8 Å². The van der Waals surface area contributed by atoms with Crippen molar-refractivity contribution in [3.05, 3.63) is 63.6 Å². The predicted octanol–water partition coefficient (Wildman–Crippen LogP) is 2.64. The molecule has 0 bridgehead atoms. The van der Waals surface area contributed by atoms with E-state index in [4.69, 9.17) is 14.2 Å². The van der Waals surface area contributed by atoms with Gasteiger partial charge in [0, 0.05) is 6.42 Å². The molecule has 2 aromatic carbocycles. The number of carbonyl (C=O) groups excluding carboxylic acids is 3. The van der Waals surface area contributed by atoms with Crippen LogP contribution in [0, 0.1) is 13.8 Å². The Morgan fingerprint density at radius 3 is 2.05 bits per heavy atom. The molecule has 13 heteroatoms. The molecule has 0 spiro atoms. The topological polar surface area (TPSA) is 162 Å². The molecule has 2 amide bonds. The zero-order valence-electron chi connectivity index (χ0n) is 22.0. The molecule has 206 valence electrons. The molecular weight excluding hydrogens is 526 g/mol. The van der Waals surface area contributed by atoms with E-state index in [2.05, 4.69) is 25.8 Å². The summed E-state index contributed by atoms with van der Waals surface area (Å²) >= 11 is 1.00. The average Bonchev–Trinajstić information content (AvgIpc) is 2.90. The lowest BCUT2D eigenvalue weighted by Crippen LogP contribution is -2.23. The number of methoxy groups -OCH3 is 2. The number of esters is 1. The number of aryl methyl sites for hydroxylation is 3. The van der Waals surface area contributed by atoms with Gasteiger partial charge in [-0.2, -0.15) is 0 Å². The summed E-state index contributed by atoms with van der Waals surface area (Å²) < 4.78 is 15.4. The smallest absolute Gasteiger partial charge is 0.306 e. The van der Waals surface area contributed by atoms with Crippen LogP contribution in [0.25, 0.3) is 0 Å². The summed E-state index contributed by atoms with van der Waals surface area (Å²) in [4.78, 5) is 51.5. The van der Waals surface area contributed by atoms with Gasteiger partial charge < -0.3 is 24.8 Å². The molecule has 0 fully saturated rings. The molecule has 0 aliphatic rings. The van der Waals surface area contributed by atoms with Gasteiger partial charge in [0.1, 0.15) is 17.2 Å². The minimum absolute atomic E-state index is 0.0239. The maximum absolute atomic E-state index is 12.3.